The predicted octanol–water partition coefficient (Wildman–Crippen LogP) is 4.56. The number of benzene rings is 2. The van der Waals surface area contributed by atoms with Crippen molar-refractivity contribution in [1.29, 1.82) is 0 Å². The van der Waals surface area contributed by atoms with Gasteiger partial charge in [-0.3, -0.25) is 19.2 Å². The van der Waals surface area contributed by atoms with Crippen molar-refractivity contribution in [2.45, 2.75) is 51.4 Å². The zero-order valence-electron chi connectivity index (χ0n) is 22.9. The Kier molecular flexibility index (Phi) is 11.3. The molecule has 0 spiro atoms. The summed E-state index contributed by atoms with van der Waals surface area (Å²) in [6.07, 6.45) is -2.12. The van der Waals surface area contributed by atoms with Gasteiger partial charge in [0, 0.05) is 36.2 Å². The predicted molar refractivity (Wildman–Crippen MR) is 150 cm³/mol. The van der Waals surface area contributed by atoms with Gasteiger partial charge in [-0.25, -0.2) is 9.97 Å². The minimum absolute atomic E-state index is 0.0146. The van der Waals surface area contributed by atoms with Gasteiger partial charge in [0.1, 0.15) is 12.4 Å². The van der Waals surface area contributed by atoms with Gasteiger partial charge >= 0.3 is 6.18 Å². The number of hydrogen-bond acceptors (Lipinski definition) is 6. The Morgan fingerprint density at radius 2 is 1.48 bits per heavy atom. The number of amides is 2. The van der Waals surface area contributed by atoms with Crippen LogP contribution in [0.3, 0.4) is 0 Å². The van der Waals surface area contributed by atoms with Crippen LogP contribution in [0.1, 0.15) is 41.8 Å². The summed E-state index contributed by atoms with van der Waals surface area (Å²) in [7, 11) is 0. The van der Waals surface area contributed by atoms with Crippen molar-refractivity contribution in [3.8, 4) is 0 Å². The smallest absolute Gasteiger partial charge is 0.344 e. The second-order valence-electron chi connectivity index (χ2n) is 10.1. The van der Waals surface area contributed by atoms with Crippen LogP contribution in [-0.2, 0) is 27.2 Å². The fraction of sp³-hybridized carbons (Fsp3) is 0.333. The third-order valence-electron chi connectivity index (χ3n) is 6.60. The average Bonchev–Trinajstić information content (AvgIpc) is 2.95. The number of carbonyl (C=O) groups is 4. The highest BCUT2D eigenvalue weighted by atomic mass is 35.5. The van der Waals surface area contributed by atoms with Gasteiger partial charge in [-0.05, 0) is 35.6 Å². The minimum atomic E-state index is -5.11. The maximum Gasteiger partial charge on any atom is 0.450 e. The van der Waals surface area contributed by atoms with Gasteiger partial charge in [0.25, 0.3) is 5.91 Å². The van der Waals surface area contributed by atoms with Crippen molar-refractivity contribution < 1.29 is 32.3 Å². The van der Waals surface area contributed by atoms with Crippen LogP contribution in [0.25, 0.3) is 0 Å². The molecule has 1 aromatic heterocycles. The highest BCUT2D eigenvalue weighted by Gasteiger charge is 2.45. The molecule has 0 unspecified atom stereocenters. The van der Waals surface area contributed by atoms with Crippen molar-refractivity contribution in [2.75, 3.05) is 0 Å². The lowest BCUT2D eigenvalue weighted by Gasteiger charge is -2.26. The number of carbonyl (C=O) groups excluding carboxylic acids is 4. The molecule has 8 nitrogen and oxygen atoms in total. The SMILES string of the molecule is CC(C)[C@H](CC(=O)[C@H](Cc1ccccc1)NC(=O)[C@@H](Cc1cccc(Cl)c1)NC(=O)c1cncnc1)C(=O)C(F)(F)F. The summed E-state index contributed by atoms with van der Waals surface area (Å²) < 4.78 is 39.8. The van der Waals surface area contributed by atoms with Gasteiger partial charge in [-0.1, -0.05) is 67.9 Å². The molecule has 0 aliphatic heterocycles. The maximum absolute atomic E-state index is 13.6. The van der Waals surface area contributed by atoms with Crippen LogP contribution < -0.4 is 10.6 Å². The number of rotatable bonds is 13. The van der Waals surface area contributed by atoms with Gasteiger partial charge in [-0.2, -0.15) is 13.2 Å². The number of nitrogens with one attached hydrogen (secondary N) is 2. The Bertz CT molecular complexity index is 1390. The molecule has 1 heterocycles. The fourth-order valence-electron chi connectivity index (χ4n) is 4.33. The van der Waals surface area contributed by atoms with Crippen molar-refractivity contribution in [1.82, 2.24) is 20.6 Å². The first-order valence-electron chi connectivity index (χ1n) is 13.1. The van der Waals surface area contributed by atoms with Crippen LogP contribution in [0.2, 0.25) is 5.02 Å². The van der Waals surface area contributed by atoms with Crippen molar-refractivity contribution in [3.05, 3.63) is 95.0 Å². The first kappa shape index (κ1) is 32.4. The molecule has 0 saturated carbocycles. The number of aromatic nitrogens is 2. The topological polar surface area (TPSA) is 118 Å². The van der Waals surface area contributed by atoms with Gasteiger partial charge in [0.05, 0.1) is 11.6 Å². The Labute approximate surface area is 246 Å². The number of Topliss-reactive ketones (excluding diaryl/α,β-unsaturated/α-hetero) is 2. The highest BCUT2D eigenvalue weighted by Crippen LogP contribution is 2.28. The van der Waals surface area contributed by atoms with E-state index in [9.17, 15) is 32.3 Å². The third kappa shape index (κ3) is 9.47. The second kappa shape index (κ2) is 14.7. The van der Waals surface area contributed by atoms with Crippen LogP contribution in [0, 0.1) is 11.8 Å². The molecule has 3 atom stereocenters. The van der Waals surface area contributed by atoms with E-state index in [1.165, 1.54) is 32.6 Å². The van der Waals surface area contributed by atoms with E-state index >= 15 is 0 Å². The van der Waals surface area contributed by atoms with E-state index in [4.69, 9.17) is 11.6 Å². The molecular formula is C30H30ClF3N4O4. The van der Waals surface area contributed by atoms with E-state index in [-0.39, 0.29) is 18.4 Å². The van der Waals surface area contributed by atoms with E-state index in [2.05, 4.69) is 20.6 Å². The third-order valence-corrected chi connectivity index (χ3v) is 6.84. The molecule has 0 bridgehead atoms. The van der Waals surface area contributed by atoms with Crippen molar-refractivity contribution in [2.24, 2.45) is 11.8 Å². The molecule has 0 radical (unpaired) electrons. The number of ketones is 2. The second-order valence-corrected chi connectivity index (χ2v) is 10.6. The quantitative estimate of drug-likeness (QED) is 0.296. The molecule has 3 rings (SSSR count). The van der Waals surface area contributed by atoms with E-state index in [1.54, 1.807) is 54.6 Å². The molecule has 2 amide bonds. The summed E-state index contributed by atoms with van der Waals surface area (Å²) in [5, 5.41) is 5.64. The fourth-order valence-corrected chi connectivity index (χ4v) is 4.55. The maximum atomic E-state index is 13.6. The van der Waals surface area contributed by atoms with E-state index in [0.717, 1.165) is 0 Å². The Morgan fingerprint density at radius 1 is 0.857 bits per heavy atom. The van der Waals surface area contributed by atoms with Crippen molar-refractivity contribution in [3.63, 3.8) is 0 Å². The van der Waals surface area contributed by atoms with E-state index in [1.807, 2.05) is 0 Å². The summed E-state index contributed by atoms with van der Waals surface area (Å²) >= 11 is 6.10. The molecule has 3 aromatic rings. The highest BCUT2D eigenvalue weighted by molar-refractivity contribution is 6.30. The van der Waals surface area contributed by atoms with E-state index in [0.29, 0.717) is 16.1 Å². The first-order valence-corrected chi connectivity index (χ1v) is 13.5. The zero-order valence-corrected chi connectivity index (χ0v) is 23.7. The minimum Gasteiger partial charge on any atom is -0.344 e. The Hall–Kier alpha value is -4.12. The number of halogens is 4. The zero-order chi connectivity index (χ0) is 30.9. The molecule has 222 valence electrons. The summed E-state index contributed by atoms with van der Waals surface area (Å²) in [4.78, 5) is 59.7. The van der Waals surface area contributed by atoms with Gasteiger partial charge in [-0.15, -0.1) is 0 Å². The molecule has 42 heavy (non-hydrogen) atoms. The lowest BCUT2D eigenvalue weighted by atomic mass is 9.84. The van der Waals surface area contributed by atoms with Crippen molar-refractivity contribution >= 4 is 35.0 Å². The number of alkyl halides is 3. The standard InChI is InChI=1S/C30H30ClF3N4O4/c1-18(2)23(27(40)30(32,33)34)14-26(39)24(12-19-7-4-3-5-8-19)37-29(42)25(13-20-9-6-10-22(31)11-20)38-28(41)21-15-35-17-36-16-21/h3-11,15-18,23-25H,12-14H2,1-2H3,(H,37,42)(H,38,41)/t23-,24-,25+/m0/s1. The molecular weight excluding hydrogens is 573 g/mol. The molecule has 2 N–H and O–H groups in total. The Morgan fingerprint density at radius 3 is 2.07 bits per heavy atom. The summed E-state index contributed by atoms with van der Waals surface area (Å²) in [6, 6.07) is 12.7. The Balaban J connectivity index is 1.90. The van der Waals surface area contributed by atoms with Crippen LogP contribution in [0.5, 0.6) is 0 Å². The van der Waals surface area contributed by atoms with E-state index < -0.39 is 59.9 Å². The van der Waals surface area contributed by atoms with Gasteiger partial charge < -0.3 is 10.6 Å². The van der Waals surface area contributed by atoms with Crippen LogP contribution in [0.15, 0.2) is 73.3 Å². The molecule has 12 heteroatoms. The molecule has 0 aliphatic carbocycles. The van der Waals surface area contributed by atoms with Gasteiger partial charge in [0.2, 0.25) is 11.7 Å². The molecule has 2 aromatic carbocycles. The summed E-state index contributed by atoms with van der Waals surface area (Å²) in [5.41, 5.74) is 1.33. The first-order chi connectivity index (χ1) is 19.8. The number of hydrogen-bond donors (Lipinski definition) is 2. The molecule has 0 aliphatic rings. The molecule has 0 fully saturated rings. The lowest BCUT2D eigenvalue weighted by Crippen LogP contribution is -2.53. The normalized spacial score (nSPS) is 13.6. The van der Waals surface area contributed by atoms with Gasteiger partial charge in [0.15, 0.2) is 5.78 Å². The lowest BCUT2D eigenvalue weighted by molar-refractivity contribution is -0.177. The van der Waals surface area contributed by atoms with Crippen LogP contribution in [0.4, 0.5) is 13.2 Å². The monoisotopic (exact) mass is 602 g/mol. The summed E-state index contributed by atoms with van der Waals surface area (Å²) in [5.74, 6) is -6.54. The van der Waals surface area contributed by atoms with Crippen LogP contribution in [-0.4, -0.2) is 51.6 Å². The average molecular weight is 603 g/mol. The summed E-state index contributed by atoms with van der Waals surface area (Å²) in [6.45, 7) is 2.85. The van der Waals surface area contributed by atoms with Crippen LogP contribution >= 0.6 is 11.6 Å². The largest absolute Gasteiger partial charge is 0.450 e. The number of nitrogens with zero attached hydrogens (tertiary/aromatic N) is 2. The molecule has 0 saturated heterocycles.